The number of hydrogen-bond acceptors (Lipinski definition) is 10. The molecule has 0 radical (unpaired) electrons. The third-order valence-corrected chi connectivity index (χ3v) is 37.0. The van der Waals surface area contributed by atoms with E-state index in [0.717, 1.165) is 108 Å². The predicted molar refractivity (Wildman–Crippen MR) is 550 cm³/mol. The molecule has 0 saturated carbocycles. The molecule has 0 aromatic heterocycles. The summed E-state index contributed by atoms with van der Waals surface area (Å²) in [5.74, 6) is 12.5. The molecule has 660 valence electrons. The van der Waals surface area contributed by atoms with Crippen molar-refractivity contribution < 1.29 is 46.1 Å². The Morgan fingerprint density at radius 3 is 0.559 bits per heavy atom. The van der Waals surface area contributed by atoms with Crippen LogP contribution in [0.15, 0.2) is 365 Å². The summed E-state index contributed by atoms with van der Waals surface area (Å²) < 4.78 is 62.0. The summed E-state index contributed by atoms with van der Waals surface area (Å²) in [6.07, 6.45) is 5.91. The van der Waals surface area contributed by atoms with Crippen LogP contribution in [0.1, 0.15) is 113 Å². The van der Waals surface area contributed by atoms with Gasteiger partial charge in [-0.3, -0.25) is 0 Å². The van der Waals surface area contributed by atoms with Gasteiger partial charge in [-0.15, -0.1) is 39.5 Å². The quantitative estimate of drug-likeness (QED) is 0.0346. The topological polar surface area (TPSA) is 92.3 Å². The molecule has 0 saturated heterocycles. The number of benzene rings is 12. The van der Waals surface area contributed by atoms with Gasteiger partial charge in [0.1, 0.15) is 108 Å². The first-order valence-corrected chi connectivity index (χ1v) is 62.6. The van der Waals surface area contributed by atoms with Gasteiger partial charge in [0.15, 0.2) is 0 Å². The molecule has 127 heavy (non-hydrogen) atoms. The number of rotatable bonds is 40. The molecular formula is C111H132O10Si6. The van der Waals surface area contributed by atoms with Crippen LogP contribution < -0.4 is 56.5 Å². The average Bonchev–Trinajstić information content (AvgIpc) is 0.785. The highest BCUT2D eigenvalue weighted by Gasteiger charge is 2.35. The molecular weight excluding hydrogens is 1660 g/mol. The van der Waals surface area contributed by atoms with Gasteiger partial charge in [0.2, 0.25) is 0 Å². The summed E-state index contributed by atoms with van der Waals surface area (Å²) in [6.45, 7) is 63.5. The van der Waals surface area contributed by atoms with E-state index in [4.69, 9.17) is 46.1 Å². The van der Waals surface area contributed by atoms with Crippen molar-refractivity contribution in [1.82, 2.24) is 0 Å². The van der Waals surface area contributed by atoms with Crippen LogP contribution in [0.4, 0.5) is 0 Å². The molecule has 0 aliphatic carbocycles. The highest BCUT2D eigenvalue weighted by Crippen LogP contribution is 2.45. The Morgan fingerprint density at radius 1 is 0.197 bits per heavy atom. The first-order valence-electron chi connectivity index (χ1n) is 44.5. The van der Waals surface area contributed by atoms with Crippen LogP contribution in [0, 0.1) is 0 Å². The normalized spacial score (nSPS) is 11.9. The Balaban J connectivity index is 0.000000206. The first-order chi connectivity index (χ1) is 60.6. The molecule has 0 amide bonds. The molecule has 12 aromatic rings. The van der Waals surface area contributed by atoms with Crippen molar-refractivity contribution in [2.75, 3.05) is 0 Å². The first kappa shape index (κ1) is 97.6. The van der Waals surface area contributed by atoms with E-state index < -0.39 is 49.4 Å². The van der Waals surface area contributed by atoms with Gasteiger partial charge >= 0.3 is 0 Å². The summed E-state index contributed by atoms with van der Waals surface area (Å²) in [4.78, 5) is 0. The lowest BCUT2D eigenvalue weighted by molar-refractivity contribution is 0.455. The zero-order valence-electron chi connectivity index (χ0n) is 78.2. The fourth-order valence-electron chi connectivity index (χ4n) is 15.5. The minimum Gasteiger partial charge on any atom is -0.540 e. The van der Waals surface area contributed by atoms with Gasteiger partial charge in [0.25, 0.3) is 33.3 Å². The highest BCUT2D eigenvalue weighted by atomic mass is 28.4. The van der Waals surface area contributed by atoms with Crippen LogP contribution in [-0.4, -0.2) is 49.4 Å². The molecule has 10 nitrogen and oxygen atoms in total. The van der Waals surface area contributed by atoms with Crippen LogP contribution in [0.5, 0.6) is 92.0 Å². The van der Waals surface area contributed by atoms with Crippen molar-refractivity contribution >= 4 is 59.8 Å². The van der Waals surface area contributed by atoms with Crippen molar-refractivity contribution in [2.24, 2.45) is 0 Å². The van der Waals surface area contributed by atoms with Gasteiger partial charge in [0.05, 0.1) is 0 Å². The lowest BCUT2D eigenvalue weighted by Crippen LogP contribution is -2.39. The van der Waals surface area contributed by atoms with E-state index in [0.29, 0.717) is 23.0 Å². The minimum absolute atomic E-state index is 0.0872. The van der Waals surface area contributed by atoms with Crippen LogP contribution in [0.2, 0.25) is 78.6 Å². The van der Waals surface area contributed by atoms with Gasteiger partial charge in [-0.25, -0.2) is 0 Å². The largest absolute Gasteiger partial charge is 0.540 e. The average molecular weight is 1790 g/mol. The third-order valence-electron chi connectivity index (χ3n) is 24.4. The number of hydrogen-bond donors (Lipinski definition) is 0. The van der Waals surface area contributed by atoms with E-state index in [1.54, 1.807) is 0 Å². The maximum absolute atomic E-state index is 6.34. The van der Waals surface area contributed by atoms with Crippen molar-refractivity contribution in [1.29, 1.82) is 0 Å². The van der Waals surface area contributed by atoms with Crippen molar-refractivity contribution in [3.05, 3.63) is 398 Å². The van der Waals surface area contributed by atoms with Crippen LogP contribution in [0.3, 0.4) is 0 Å². The van der Waals surface area contributed by atoms with Gasteiger partial charge in [-0.05, 0) is 270 Å². The van der Waals surface area contributed by atoms with E-state index in [1.165, 1.54) is 43.8 Å². The maximum Gasteiger partial charge on any atom is 0.269 e. The summed E-state index contributed by atoms with van der Waals surface area (Å²) in [5.41, 5.74) is 19.3. The van der Waals surface area contributed by atoms with Crippen molar-refractivity contribution in [3.63, 3.8) is 0 Å². The summed E-state index contributed by atoms with van der Waals surface area (Å²) >= 11 is 0. The zero-order chi connectivity index (χ0) is 91.9. The van der Waals surface area contributed by atoms with Gasteiger partial charge < -0.3 is 46.1 Å². The number of ether oxygens (including phenoxy) is 6. The Labute approximate surface area is 765 Å². The monoisotopic (exact) mass is 1790 g/mol. The molecule has 12 rings (SSSR count). The molecule has 0 heterocycles. The maximum atomic E-state index is 6.34. The van der Waals surface area contributed by atoms with E-state index in [-0.39, 0.29) is 16.2 Å². The summed E-state index contributed by atoms with van der Waals surface area (Å²) in [6, 6.07) is 99.0. The molecule has 0 N–H and O–H groups in total. The fourth-order valence-corrected chi connectivity index (χ4v) is 21.4. The van der Waals surface area contributed by atoms with Crippen LogP contribution in [-0.2, 0) is 16.2 Å². The second-order valence-corrected chi connectivity index (χ2v) is 59.7. The second-order valence-electron chi connectivity index (χ2n) is 35.6. The Bertz CT molecular complexity index is 5290. The SMILES string of the molecule is C=C[Si](C)(C)Oc1ccc(C(CC)(CC)c2ccc(Oc3cccc(Oc4ccc(C(CC)(CC)c5ccc(O[Si](C)(C)C=C)cc5)cc4)c3)cc2)cc1.C=C[Si](C)(C)Oc1cccc(Oc2cccc(Oc3cccc(O[Si](C)(C)C=C)c3)c2)c1.C=C[Si](C)(C)c1cccc(Oc2ccc(C(CC)(CC)c3ccc(Oc4cccc([Si](C)(C)C=C)c4)cc3)cc2)c1. The molecule has 0 aliphatic heterocycles. The predicted octanol–water partition coefficient (Wildman–Crippen LogP) is 31.6. The molecule has 0 aliphatic rings. The highest BCUT2D eigenvalue weighted by molar-refractivity contribution is 6.94. The second kappa shape index (κ2) is 43.3. The molecule has 0 fully saturated rings. The molecule has 0 atom stereocenters. The Morgan fingerprint density at radius 2 is 0.362 bits per heavy atom. The minimum atomic E-state index is -1.93. The fraction of sp³-hybridized carbons (Fsp3) is 0.243. The smallest absolute Gasteiger partial charge is 0.269 e. The molecule has 0 unspecified atom stereocenters. The van der Waals surface area contributed by atoms with Gasteiger partial charge in [0, 0.05) is 40.5 Å². The molecule has 0 spiro atoms. The lowest BCUT2D eigenvalue weighted by Gasteiger charge is -2.33. The molecule has 12 aromatic carbocycles. The van der Waals surface area contributed by atoms with Gasteiger partial charge in [-0.1, -0.05) is 234 Å². The summed E-state index contributed by atoms with van der Waals surface area (Å²) in [7, 11) is -11.0. The van der Waals surface area contributed by atoms with Crippen molar-refractivity contribution in [2.45, 2.75) is 175 Å². The van der Waals surface area contributed by atoms with Crippen LogP contribution in [0.25, 0.3) is 0 Å². The van der Waals surface area contributed by atoms with Crippen molar-refractivity contribution in [3.8, 4) is 92.0 Å². The molecule has 0 bridgehead atoms. The van der Waals surface area contributed by atoms with E-state index in [9.17, 15) is 0 Å². The third kappa shape index (κ3) is 25.9. The summed E-state index contributed by atoms with van der Waals surface area (Å²) in [5, 5.41) is 2.64. The van der Waals surface area contributed by atoms with E-state index >= 15 is 0 Å². The molecule has 16 heteroatoms. The van der Waals surface area contributed by atoms with E-state index in [1.807, 2.05) is 132 Å². The van der Waals surface area contributed by atoms with Crippen LogP contribution >= 0.6 is 0 Å². The standard InChI is InChI=1S/C48H58O4Si2.C37H44O2Si2.C26H30O4Si2/c1-11-47(12-2,39-24-32-43(33-25-39)51-53(7,8)15-5)37-20-28-41(29-21-37)49-45-18-17-19-46(36-45)50-42-30-22-38(23-31-42)48(13-3,14-4)40-26-34-44(35-27-40)52-54(9,10)16-6;1-9-37(10-2,29-19-23-31(24-20-29)38-33-15-13-17-35(27-33)40(5,6)11-3)30-21-25-32(26-22-30)39-34-16-14-18-36(28-34)41(7,8)12-4;1-7-31(3,4)29-25-16-10-14-23(19-25)27-21-12-9-13-22(18-21)28-24-15-11-17-26(20-24)30-32(5,6)8-2/h15-36H,5-6,11-14H2,1-4,7-10H3;11-28H,3-4,9-10H2,1-2,5-8H3;7-20H,1-2H2,3-6H3. The Hall–Kier alpha value is -11.6. The zero-order valence-corrected chi connectivity index (χ0v) is 84.2. The van der Waals surface area contributed by atoms with E-state index in [2.05, 4.69) is 353 Å². The van der Waals surface area contributed by atoms with Gasteiger partial charge in [-0.2, -0.15) is 0 Å². The lowest BCUT2D eigenvalue weighted by atomic mass is 9.70. The Kier molecular flexibility index (Phi) is 33.2.